The lowest BCUT2D eigenvalue weighted by Crippen LogP contribution is -2.31. The first-order valence-corrected chi connectivity index (χ1v) is 12.6. The second-order valence-electron chi connectivity index (χ2n) is 8.71. The van der Waals surface area contributed by atoms with Gasteiger partial charge in [0.15, 0.2) is 0 Å². The summed E-state index contributed by atoms with van der Waals surface area (Å²) in [4.78, 5) is 0. The van der Waals surface area contributed by atoms with E-state index in [-0.39, 0.29) is 5.41 Å². The average molecular weight is 556 g/mol. The maximum Gasteiger partial charge on any atom is 0.0295 e. The lowest BCUT2D eigenvalue weighted by atomic mass is 9.69. The molecule has 0 nitrogen and oxygen atoms in total. The molecule has 5 rings (SSSR count). The normalized spacial score (nSPS) is 13.3. The largest absolute Gasteiger partial charge is 0.0985 e. The Morgan fingerprint density at radius 2 is 0.970 bits per heavy atom. The zero-order valence-corrected chi connectivity index (χ0v) is 21.5. The van der Waals surface area contributed by atoms with Crippen molar-refractivity contribution in [2.75, 3.05) is 0 Å². The Kier molecular flexibility index (Phi) is 5.99. The van der Waals surface area contributed by atoms with Crippen molar-refractivity contribution in [2.24, 2.45) is 0 Å². The molecule has 1 aliphatic carbocycles. The standard InChI is InChI=1S/C31H24Br2/c1-3-21-5-9-23(10-6-21)19-31(20-24-11-7-22(4-2)8-12-24)29-15-13-25(32)17-27(29)28-18-26(33)14-16-30(28)31/h3-18H,1-2,19-20H2. The van der Waals surface area contributed by atoms with E-state index in [9.17, 15) is 0 Å². The molecule has 4 aromatic carbocycles. The molecule has 0 saturated heterocycles. The van der Waals surface area contributed by atoms with Crippen LogP contribution < -0.4 is 0 Å². The highest BCUT2D eigenvalue weighted by Gasteiger charge is 2.43. The van der Waals surface area contributed by atoms with E-state index in [0.717, 1.165) is 32.9 Å². The monoisotopic (exact) mass is 554 g/mol. The molecule has 0 radical (unpaired) electrons. The van der Waals surface area contributed by atoms with Crippen LogP contribution in [0.1, 0.15) is 33.4 Å². The summed E-state index contributed by atoms with van der Waals surface area (Å²) in [6.07, 6.45) is 5.65. The van der Waals surface area contributed by atoms with Crippen molar-refractivity contribution in [1.29, 1.82) is 0 Å². The third-order valence-electron chi connectivity index (χ3n) is 6.73. The molecule has 0 heterocycles. The van der Waals surface area contributed by atoms with Gasteiger partial charge in [-0.3, -0.25) is 0 Å². The summed E-state index contributed by atoms with van der Waals surface area (Å²) in [5.41, 5.74) is 10.2. The molecular weight excluding hydrogens is 532 g/mol. The van der Waals surface area contributed by atoms with Crippen molar-refractivity contribution in [3.8, 4) is 11.1 Å². The van der Waals surface area contributed by atoms with Gasteiger partial charge in [0.2, 0.25) is 0 Å². The lowest BCUT2D eigenvalue weighted by molar-refractivity contribution is 0.520. The summed E-state index contributed by atoms with van der Waals surface area (Å²) >= 11 is 7.42. The molecule has 162 valence electrons. The maximum absolute atomic E-state index is 3.91. The number of rotatable bonds is 6. The van der Waals surface area contributed by atoms with Gasteiger partial charge in [0.1, 0.15) is 0 Å². The number of halogens is 2. The fraction of sp³-hybridized carbons (Fsp3) is 0.0968. The van der Waals surface area contributed by atoms with Crippen LogP contribution in [0.5, 0.6) is 0 Å². The second-order valence-corrected chi connectivity index (χ2v) is 10.5. The van der Waals surface area contributed by atoms with Crippen LogP contribution in [0.15, 0.2) is 107 Å². The summed E-state index contributed by atoms with van der Waals surface area (Å²) in [5.74, 6) is 0. The van der Waals surface area contributed by atoms with E-state index in [4.69, 9.17) is 0 Å². The predicted molar refractivity (Wildman–Crippen MR) is 149 cm³/mol. The summed E-state index contributed by atoms with van der Waals surface area (Å²) in [6, 6.07) is 31.1. The highest BCUT2D eigenvalue weighted by Crippen LogP contribution is 2.53. The van der Waals surface area contributed by atoms with E-state index in [1.165, 1.54) is 33.4 Å². The number of hydrogen-bond acceptors (Lipinski definition) is 0. The number of benzene rings is 4. The molecule has 0 atom stereocenters. The van der Waals surface area contributed by atoms with E-state index >= 15 is 0 Å². The molecule has 33 heavy (non-hydrogen) atoms. The highest BCUT2D eigenvalue weighted by atomic mass is 79.9. The molecular formula is C31H24Br2. The molecule has 0 N–H and O–H groups in total. The minimum Gasteiger partial charge on any atom is -0.0985 e. The first-order valence-electron chi connectivity index (χ1n) is 11.1. The Hall–Kier alpha value is -2.68. The first kappa shape index (κ1) is 22.1. The van der Waals surface area contributed by atoms with Gasteiger partial charge in [-0.05, 0) is 81.6 Å². The zero-order valence-electron chi connectivity index (χ0n) is 18.3. The molecule has 0 aliphatic heterocycles. The van der Waals surface area contributed by atoms with Crippen LogP contribution in [-0.2, 0) is 18.3 Å². The van der Waals surface area contributed by atoms with Crippen molar-refractivity contribution in [1.82, 2.24) is 0 Å². The minimum atomic E-state index is -0.155. The van der Waals surface area contributed by atoms with Gasteiger partial charge >= 0.3 is 0 Å². The molecule has 4 aromatic rings. The van der Waals surface area contributed by atoms with E-state index < -0.39 is 0 Å². The highest BCUT2D eigenvalue weighted by molar-refractivity contribution is 9.10. The summed E-state index contributed by atoms with van der Waals surface area (Å²) in [5, 5.41) is 0. The van der Waals surface area contributed by atoms with Crippen molar-refractivity contribution >= 4 is 44.0 Å². The Labute approximate surface area is 213 Å². The Bertz CT molecular complexity index is 1240. The maximum atomic E-state index is 3.91. The van der Waals surface area contributed by atoms with E-state index in [1.54, 1.807) is 0 Å². The van der Waals surface area contributed by atoms with Crippen molar-refractivity contribution in [2.45, 2.75) is 18.3 Å². The molecule has 0 amide bonds. The fourth-order valence-corrected chi connectivity index (χ4v) is 5.86. The molecule has 2 heteroatoms. The summed E-state index contributed by atoms with van der Waals surface area (Å²) < 4.78 is 2.21. The van der Waals surface area contributed by atoms with Gasteiger partial charge in [0.25, 0.3) is 0 Å². The smallest absolute Gasteiger partial charge is 0.0295 e. The number of fused-ring (bicyclic) bond motifs is 3. The van der Waals surface area contributed by atoms with Crippen molar-refractivity contribution in [3.63, 3.8) is 0 Å². The third kappa shape index (κ3) is 4.07. The Balaban J connectivity index is 1.72. The molecule has 1 aliphatic rings. The topological polar surface area (TPSA) is 0 Å². The van der Waals surface area contributed by atoms with Crippen LogP contribution in [0, 0.1) is 0 Å². The van der Waals surface area contributed by atoms with Gasteiger partial charge in [0.05, 0.1) is 0 Å². The summed E-state index contributed by atoms with van der Waals surface area (Å²) in [7, 11) is 0. The van der Waals surface area contributed by atoms with E-state index in [0.29, 0.717) is 0 Å². The SMILES string of the molecule is C=Cc1ccc(CC2(Cc3ccc(C=C)cc3)c3ccc(Br)cc3-c3cc(Br)ccc32)cc1. The molecule has 0 saturated carbocycles. The Morgan fingerprint density at radius 1 is 0.576 bits per heavy atom. The fourth-order valence-electron chi connectivity index (χ4n) is 5.14. The van der Waals surface area contributed by atoms with Gasteiger partial charge in [0, 0.05) is 14.4 Å². The van der Waals surface area contributed by atoms with E-state index in [2.05, 4.69) is 130 Å². The van der Waals surface area contributed by atoms with Crippen molar-refractivity contribution < 1.29 is 0 Å². The molecule has 0 spiro atoms. The molecule has 0 unspecified atom stereocenters. The van der Waals surface area contributed by atoms with Gasteiger partial charge in [-0.1, -0.05) is 118 Å². The lowest BCUT2D eigenvalue weighted by Gasteiger charge is -2.33. The predicted octanol–water partition coefficient (Wildman–Crippen LogP) is 9.25. The quantitative estimate of drug-likeness (QED) is 0.222. The Morgan fingerprint density at radius 3 is 1.33 bits per heavy atom. The van der Waals surface area contributed by atoms with Gasteiger partial charge in [-0.25, -0.2) is 0 Å². The van der Waals surface area contributed by atoms with Gasteiger partial charge in [-0.15, -0.1) is 0 Å². The van der Waals surface area contributed by atoms with Crippen LogP contribution in [0.25, 0.3) is 23.3 Å². The van der Waals surface area contributed by atoms with Crippen LogP contribution >= 0.6 is 31.9 Å². The minimum absolute atomic E-state index is 0.155. The second kappa shape index (κ2) is 8.93. The number of hydrogen-bond donors (Lipinski definition) is 0. The van der Waals surface area contributed by atoms with Crippen LogP contribution in [0.2, 0.25) is 0 Å². The van der Waals surface area contributed by atoms with Crippen LogP contribution in [-0.4, -0.2) is 0 Å². The molecule has 0 bridgehead atoms. The zero-order chi connectivity index (χ0) is 23.0. The summed E-state index contributed by atoms with van der Waals surface area (Å²) in [6.45, 7) is 7.82. The van der Waals surface area contributed by atoms with Crippen LogP contribution in [0.3, 0.4) is 0 Å². The first-order chi connectivity index (χ1) is 16.0. The van der Waals surface area contributed by atoms with Gasteiger partial charge < -0.3 is 0 Å². The van der Waals surface area contributed by atoms with E-state index in [1.807, 2.05) is 12.2 Å². The molecule has 0 aromatic heterocycles. The van der Waals surface area contributed by atoms with Crippen molar-refractivity contribution in [3.05, 3.63) is 140 Å². The third-order valence-corrected chi connectivity index (χ3v) is 7.71. The van der Waals surface area contributed by atoms with Gasteiger partial charge in [-0.2, -0.15) is 0 Å². The molecule has 0 fully saturated rings. The van der Waals surface area contributed by atoms with Crippen LogP contribution in [0.4, 0.5) is 0 Å². The average Bonchev–Trinajstić information content (AvgIpc) is 3.08.